The highest BCUT2D eigenvalue weighted by atomic mass is 16.2. The van der Waals surface area contributed by atoms with Gasteiger partial charge >= 0.3 is 0 Å². The number of carbonyl (C=O) groups excluding carboxylic acids is 2. The second kappa shape index (κ2) is 11.8. The summed E-state index contributed by atoms with van der Waals surface area (Å²) in [5, 5.41) is 17.0. The largest absolute Gasteiger partial charge is 0.351 e. The van der Waals surface area contributed by atoms with Gasteiger partial charge in [-0.25, -0.2) is 0 Å². The minimum Gasteiger partial charge on any atom is -0.351 e. The Labute approximate surface area is 193 Å². The van der Waals surface area contributed by atoms with Crippen molar-refractivity contribution < 1.29 is 9.59 Å². The lowest BCUT2D eigenvalue weighted by atomic mass is 10.0. The van der Waals surface area contributed by atoms with Gasteiger partial charge in [0.05, 0.1) is 17.7 Å². The molecule has 0 aliphatic rings. The summed E-state index contributed by atoms with van der Waals surface area (Å²) in [5.74, 6) is -0.514. The number of amides is 2. The van der Waals surface area contributed by atoms with Crippen molar-refractivity contribution in [1.82, 2.24) is 5.32 Å². The van der Waals surface area contributed by atoms with Gasteiger partial charge < -0.3 is 22.1 Å². The number of nitrogens with one attached hydrogen (secondary N) is 2. The summed E-state index contributed by atoms with van der Waals surface area (Å²) in [5.41, 5.74) is 13.7. The third kappa shape index (κ3) is 7.14. The number of nitrogens with two attached hydrogens (primary N) is 2. The van der Waals surface area contributed by atoms with Crippen LogP contribution < -0.4 is 22.1 Å². The highest BCUT2D eigenvalue weighted by molar-refractivity contribution is 5.95. The van der Waals surface area contributed by atoms with E-state index in [9.17, 15) is 9.59 Å². The standard InChI is InChI=1S/C26H29N5O2/c27-13-3-6-24(29)26(33)31-23(14-18-7-9-19(17-28)10-8-18)16-25(32)30-22-12-11-20-4-1-2-5-21(20)15-22/h1-2,4-5,7-12,15,23-24H,3,6,13-14,16,27,29H2,(H,30,32)(H,31,33)/t23-,24-/m0/s1. The predicted octanol–water partition coefficient (Wildman–Crippen LogP) is 2.83. The van der Waals surface area contributed by atoms with Gasteiger partial charge in [-0.15, -0.1) is 0 Å². The molecule has 7 heteroatoms. The maximum atomic E-state index is 12.8. The van der Waals surface area contributed by atoms with Gasteiger partial charge in [-0.2, -0.15) is 5.26 Å². The summed E-state index contributed by atoms with van der Waals surface area (Å²) in [7, 11) is 0. The smallest absolute Gasteiger partial charge is 0.237 e. The molecular weight excluding hydrogens is 414 g/mol. The van der Waals surface area contributed by atoms with Crippen molar-refractivity contribution in [2.75, 3.05) is 11.9 Å². The average molecular weight is 444 g/mol. The summed E-state index contributed by atoms with van der Waals surface area (Å²) in [6.45, 7) is 0.462. The van der Waals surface area contributed by atoms with Crippen molar-refractivity contribution in [3.05, 3.63) is 77.9 Å². The van der Waals surface area contributed by atoms with Crippen molar-refractivity contribution in [2.45, 2.75) is 37.8 Å². The molecule has 0 radical (unpaired) electrons. The lowest BCUT2D eigenvalue weighted by molar-refractivity contribution is -0.123. The molecule has 0 heterocycles. The van der Waals surface area contributed by atoms with Crippen LogP contribution in [-0.2, 0) is 16.0 Å². The van der Waals surface area contributed by atoms with Crippen molar-refractivity contribution in [1.29, 1.82) is 5.26 Å². The minimum atomic E-state index is -0.680. The number of benzene rings is 3. The van der Waals surface area contributed by atoms with Crippen molar-refractivity contribution in [3.63, 3.8) is 0 Å². The Morgan fingerprint density at radius 1 is 1.00 bits per heavy atom. The molecular formula is C26H29N5O2. The average Bonchev–Trinajstić information content (AvgIpc) is 2.82. The molecule has 2 atom stereocenters. The number of rotatable bonds is 10. The molecule has 0 aromatic heterocycles. The molecule has 33 heavy (non-hydrogen) atoms. The van der Waals surface area contributed by atoms with E-state index >= 15 is 0 Å². The lowest BCUT2D eigenvalue weighted by Crippen LogP contribution is -2.47. The van der Waals surface area contributed by atoms with E-state index in [4.69, 9.17) is 16.7 Å². The molecule has 170 valence electrons. The molecule has 0 fully saturated rings. The Morgan fingerprint density at radius 2 is 1.73 bits per heavy atom. The second-order valence-corrected chi connectivity index (χ2v) is 8.07. The van der Waals surface area contributed by atoms with Crippen LogP contribution in [0.4, 0.5) is 5.69 Å². The number of fused-ring (bicyclic) bond motifs is 1. The zero-order chi connectivity index (χ0) is 23.6. The zero-order valence-electron chi connectivity index (χ0n) is 18.5. The van der Waals surface area contributed by atoms with E-state index in [1.54, 1.807) is 12.1 Å². The molecule has 2 amide bonds. The molecule has 0 spiro atoms. The Kier molecular flexibility index (Phi) is 8.53. The predicted molar refractivity (Wildman–Crippen MR) is 130 cm³/mol. The molecule has 0 bridgehead atoms. The van der Waals surface area contributed by atoms with Crippen LogP contribution in [0.25, 0.3) is 10.8 Å². The molecule has 0 aliphatic carbocycles. The van der Waals surface area contributed by atoms with Crippen molar-refractivity contribution in [3.8, 4) is 6.07 Å². The van der Waals surface area contributed by atoms with E-state index in [-0.39, 0.29) is 18.2 Å². The number of nitrogens with zero attached hydrogens (tertiary/aromatic N) is 1. The van der Waals surface area contributed by atoms with Crippen LogP contribution in [0.2, 0.25) is 0 Å². The Balaban J connectivity index is 1.69. The summed E-state index contributed by atoms with van der Waals surface area (Å²) >= 11 is 0. The van der Waals surface area contributed by atoms with Crippen LogP contribution in [0.3, 0.4) is 0 Å². The topological polar surface area (TPSA) is 134 Å². The maximum absolute atomic E-state index is 12.8. The first-order valence-electron chi connectivity index (χ1n) is 11.0. The molecule has 6 N–H and O–H groups in total. The molecule has 3 aromatic carbocycles. The first-order chi connectivity index (χ1) is 16.0. The van der Waals surface area contributed by atoms with Gasteiger partial charge in [0.15, 0.2) is 0 Å². The van der Waals surface area contributed by atoms with E-state index in [0.717, 1.165) is 16.3 Å². The number of anilines is 1. The van der Waals surface area contributed by atoms with Crippen LogP contribution in [0.15, 0.2) is 66.7 Å². The van der Waals surface area contributed by atoms with Crippen LogP contribution in [0.5, 0.6) is 0 Å². The van der Waals surface area contributed by atoms with Gasteiger partial charge in [-0.1, -0.05) is 42.5 Å². The molecule has 0 unspecified atom stereocenters. The van der Waals surface area contributed by atoms with Crippen molar-refractivity contribution in [2.24, 2.45) is 11.5 Å². The van der Waals surface area contributed by atoms with Gasteiger partial charge in [-0.3, -0.25) is 9.59 Å². The molecule has 0 aliphatic heterocycles. The molecule has 3 rings (SSSR count). The fraction of sp³-hybridized carbons (Fsp3) is 0.269. The third-order valence-corrected chi connectivity index (χ3v) is 5.43. The highest BCUT2D eigenvalue weighted by Gasteiger charge is 2.21. The second-order valence-electron chi connectivity index (χ2n) is 8.07. The summed E-state index contributed by atoms with van der Waals surface area (Å²) in [4.78, 5) is 25.4. The van der Waals surface area contributed by atoms with Gasteiger partial charge in [0.2, 0.25) is 11.8 Å². The SMILES string of the molecule is N#Cc1ccc(C[C@@H](CC(=O)Nc2ccc3ccccc3c2)NC(=O)[C@@H](N)CCCN)cc1. The third-order valence-electron chi connectivity index (χ3n) is 5.43. The van der Waals surface area contributed by atoms with Gasteiger partial charge in [0.25, 0.3) is 0 Å². The van der Waals surface area contributed by atoms with Crippen molar-refractivity contribution >= 4 is 28.3 Å². The molecule has 0 saturated heterocycles. The van der Waals surface area contributed by atoms with Crippen LogP contribution in [0, 0.1) is 11.3 Å². The number of carbonyl (C=O) groups is 2. The zero-order valence-corrected chi connectivity index (χ0v) is 18.5. The summed E-state index contributed by atoms with van der Waals surface area (Å²) < 4.78 is 0. The lowest BCUT2D eigenvalue weighted by Gasteiger charge is -2.21. The number of hydrogen-bond donors (Lipinski definition) is 4. The molecule has 7 nitrogen and oxygen atoms in total. The van der Waals surface area contributed by atoms with Crippen LogP contribution in [0.1, 0.15) is 30.4 Å². The Morgan fingerprint density at radius 3 is 2.42 bits per heavy atom. The monoisotopic (exact) mass is 443 g/mol. The fourth-order valence-electron chi connectivity index (χ4n) is 3.65. The van der Waals surface area contributed by atoms with Crippen LogP contribution >= 0.6 is 0 Å². The first-order valence-corrected chi connectivity index (χ1v) is 11.0. The van der Waals surface area contributed by atoms with E-state index in [1.165, 1.54) is 0 Å². The van der Waals surface area contributed by atoms with E-state index in [1.807, 2.05) is 54.6 Å². The number of nitriles is 1. The Hall–Kier alpha value is -3.73. The molecule has 3 aromatic rings. The minimum absolute atomic E-state index is 0.0855. The van der Waals surface area contributed by atoms with Gasteiger partial charge in [0.1, 0.15) is 0 Å². The van der Waals surface area contributed by atoms with Crippen LogP contribution in [-0.4, -0.2) is 30.4 Å². The summed E-state index contributed by atoms with van der Waals surface area (Å²) in [6.07, 6.45) is 1.65. The summed E-state index contributed by atoms with van der Waals surface area (Å²) in [6, 6.07) is 21.7. The quantitative estimate of drug-likeness (QED) is 0.382. The van der Waals surface area contributed by atoms with E-state index in [2.05, 4.69) is 16.7 Å². The van der Waals surface area contributed by atoms with Gasteiger partial charge in [0, 0.05) is 18.2 Å². The van der Waals surface area contributed by atoms with Gasteiger partial charge in [-0.05, 0) is 66.4 Å². The number of hydrogen-bond acceptors (Lipinski definition) is 5. The van der Waals surface area contributed by atoms with E-state index < -0.39 is 12.1 Å². The van der Waals surface area contributed by atoms with E-state index in [0.29, 0.717) is 37.1 Å². The fourth-order valence-corrected chi connectivity index (χ4v) is 3.65. The maximum Gasteiger partial charge on any atom is 0.237 e. The molecule has 0 saturated carbocycles. The Bertz CT molecular complexity index is 1140. The highest BCUT2D eigenvalue weighted by Crippen LogP contribution is 2.19. The first kappa shape index (κ1) is 23.9. The normalized spacial score (nSPS) is 12.5.